The van der Waals surface area contributed by atoms with Crippen LogP contribution in [0.3, 0.4) is 0 Å². The number of hydrogen-bond acceptors (Lipinski definition) is 4. The second-order valence-electron chi connectivity index (χ2n) is 3.49. The highest BCUT2D eigenvalue weighted by molar-refractivity contribution is 4.71. The Hall–Kier alpha value is -0.160. The number of rotatable bonds is 4. The van der Waals surface area contributed by atoms with Gasteiger partial charge in [-0.15, -0.1) is 0 Å². The van der Waals surface area contributed by atoms with Gasteiger partial charge in [-0.1, -0.05) is 13.8 Å². The standard InChI is InChI=1S/C8H17NO3/c1-5(2)7(4-10)11-8-6(3)9-12-8/h5-10H,4H2,1-3H3/t6-,7?,8-/m0/s1. The van der Waals surface area contributed by atoms with E-state index in [2.05, 4.69) is 5.48 Å². The van der Waals surface area contributed by atoms with E-state index in [1.54, 1.807) is 0 Å². The molecular formula is C8H17NO3. The van der Waals surface area contributed by atoms with Crippen LogP contribution >= 0.6 is 0 Å². The SMILES string of the molecule is CC(C)C(CO)O[C@H]1ON[C@H]1C. The predicted molar refractivity (Wildman–Crippen MR) is 44.3 cm³/mol. The molecule has 0 amide bonds. The smallest absolute Gasteiger partial charge is 0.194 e. The Kier molecular flexibility index (Phi) is 3.46. The first-order valence-corrected chi connectivity index (χ1v) is 4.32. The van der Waals surface area contributed by atoms with Crippen molar-refractivity contribution in [2.75, 3.05) is 6.61 Å². The molecule has 3 atom stereocenters. The fraction of sp³-hybridized carbons (Fsp3) is 1.00. The van der Waals surface area contributed by atoms with E-state index in [1.165, 1.54) is 0 Å². The lowest BCUT2D eigenvalue weighted by molar-refractivity contribution is -0.307. The van der Waals surface area contributed by atoms with Crippen LogP contribution in [0.1, 0.15) is 20.8 Å². The molecule has 1 rings (SSSR count). The second-order valence-corrected chi connectivity index (χ2v) is 3.49. The highest BCUT2D eigenvalue weighted by atomic mass is 16.8. The van der Waals surface area contributed by atoms with Crippen LogP contribution in [-0.2, 0) is 9.57 Å². The molecule has 0 aromatic rings. The maximum Gasteiger partial charge on any atom is 0.194 e. The zero-order valence-electron chi connectivity index (χ0n) is 7.78. The van der Waals surface area contributed by atoms with E-state index in [9.17, 15) is 0 Å². The Labute approximate surface area is 72.8 Å². The zero-order valence-corrected chi connectivity index (χ0v) is 7.78. The number of aliphatic hydroxyl groups excluding tert-OH is 1. The summed E-state index contributed by atoms with van der Waals surface area (Å²) in [6.45, 7) is 6.04. The Morgan fingerprint density at radius 3 is 2.50 bits per heavy atom. The minimum absolute atomic E-state index is 0.0459. The van der Waals surface area contributed by atoms with E-state index in [4.69, 9.17) is 14.7 Å². The van der Waals surface area contributed by atoms with Gasteiger partial charge < -0.3 is 9.84 Å². The quantitative estimate of drug-likeness (QED) is 0.644. The lowest BCUT2D eigenvalue weighted by atomic mass is 10.1. The van der Waals surface area contributed by atoms with E-state index in [-0.39, 0.29) is 25.0 Å². The maximum absolute atomic E-state index is 8.95. The summed E-state index contributed by atoms with van der Waals surface area (Å²) >= 11 is 0. The average Bonchev–Trinajstić information content (AvgIpc) is 2.02. The predicted octanol–water partition coefficient (Wildman–Crippen LogP) is 0.269. The molecule has 0 aliphatic carbocycles. The van der Waals surface area contributed by atoms with Gasteiger partial charge in [0.15, 0.2) is 6.29 Å². The molecule has 0 bridgehead atoms. The van der Waals surface area contributed by atoms with Gasteiger partial charge in [0, 0.05) is 0 Å². The number of hydroxylamine groups is 1. The molecular weight excluding hydrogens is 158 g/mol. The highest BCUT2D eigenvalue weighted by Gasteiger charge is 2.31. The molecule has 0 aromatic heterocycles. The van der Waals surface area contributed by atoms with Crippen molar-refractivity contribution in [1.82, 2.24) is 5.48 Å². The summed E-state index contributed by atoms with van der Waals surface area (Å²) < 4.78 is 5.47. The molecule has 0 spiro atoms. The lowest BCUT2D eigenvalue weighted by Crippen LogP contribution is -2.56. The van der Waals surface area contributed by atoms with E-state index in [1.807, 2.05) is 20.8 Å². The number of ether oxygens (including phenoxy) is 1. The molecule has 0 aromatic carbocycles. The van der Waals surface area contributed by atoms with E-state index >= 15 is 0 Å². The van der Waals surface area contributed by atoms with Crippen LogP contribution in [0.25, 0.3) is 0 Å². The third-order valence-corrected chi connectivity index (χ3v) is 2.01. The Bertz CT molecular complexity index is 140. The van der Waals surface area contributed by atoms with Gasteiger partial charge in [0.05, 0.1) is 18.8 Å². The van der Waals surface area contributed by atoms with Crippen LogP contribution < -0.4 is 5.48 Å². The van der Waals surface area contributed by atoms with Crippen LogP contribution in [0.4, 0.5) is 0 Å². The van der Waals surface area contributed by atoms with Crippen molar-refractivity contribution in [1.29, 1.82) is 0 Å². The first-order valence-electron chi connectivity index (χ1n) is 4.32. The van der Waals surface area contributed by atoms with Crippen LogP contribution in [0.5, 0.6) is 0 Å². The molecule has 1 saturated heterocycles. The molecule has 1 aliphatic heterocycles. The molecule has 1 unspecified atom stereocenters. The fourth-order valence-electron chi connectivity index (χ4n) is 0.989. The summed E-state index contributed by atoms with van der Waals surface area (Å²) in [4.78, 5) is 4.94. The Balaban J connectivity index is 2.27. The van der Waals surface area contributed by atoms with Gasteiger partial charge in [-0.2, -0.15) is 5.48 Å². The maximum atomic E-state index is 8.95. The van der Waals surface area contributed by atoms with Crippen molar-refractivity contribution in [3.63, 3.8) is 0 Å². The molecule has 12 heavy (non-hydrogen) atoms. The van der Waals surface area contributed by atoms with Crippen molar-refractivity contribution in [2.24, 2.45) is 5.92 Å². The van der Waals surface area contributed by atoms with Gasteiger partial charge in [0.2, 0.25) is 0 Å². The van der Waals surface area contributed by atoms with Gasteiger partial charge >= 0.3 is 0 Å². The first kappa shape index (κ1) is 9.92. The Morgan fingerprint density at radius 1 is 1.58 bits per heavy atom. The fourth-order valence-corrected chi connectivity index (χ4v) is 0.989. The molecule has 1 fully saturated rings. The van der Waals surface area contributed by atoms with Crippen molar-refractivity contribution in [3.8, 4) is 0 Å². The third kappa shape index (κ3) is 2.17. The van der Waals surface area contributed by atoms with Crippen LogP contribution in [0.2, 0.25) is 0 Å². The summed E-state index contributed by atoms with van der Waals surface area (Å²) in [6.07, 6.45) is -0.330. The molecule has 0 saturated carbocycles. The summed E-state index contributed by atoms with van der Waals surface area (Å²) in [5.41, 5.74) is 2.72. The number of aliphatic hydroxyl groups is 1. The molecule has 1 aliphatic rings. The van der Waals surface area contributed by atoms with Crippen molar-refractivity contribution >= 4 is 0 Å². The molecule has 2 N–H and O–H groups in total. The summed E-state index contributed by atoms with van der Waals surface area (Å²) in [7, 11) is 0. The van der Waals surface area contributed by atoms with Crippen LogP contribution in [0.15, 0.2) is 0 Å². The normalized spacial score (nSPS) is 31.8. The second kappa shape index (κ2) is 4.18. The van der Waals surface area contributed by atoms with E-state index in [0.29, 0.717) is 5.92 Å². The van der Waals surface area contributed by atoms with Gasteiger partial charge in [0.1, 0.15) is 0 Å². The number of nitrogens with one attached hydrogen (secondary N) is 1. The van der Waals surface area contributed by atoms with Crippen molar-refractivity contribution in [3.05, 3.63) is 0 Å². The highest BCUT2D eigenvalue weighted by Crippen LogP contribution is 2.16. The van der Waals surface area contributed by atoms with E-state index in [0.717, 1.165) is 0 Å². The molecule has 4 heteroatoms. The minimum Gasteiger partial charge on any atom is -0.394 e. The van der Waals surface area contributed by atoms with Gasteiger partial charge in [0.25, 0.3) is 0 Å². The lowest BCUT2D eigenvalue weighted by Gasteiger charge is -2.37. The van der Waals surface area contributed by atoms with Crippen LogP contribution in [-0.4, -0.2) is 30.1 Å². The van der Waals surface area contributed by atoms with Crippen molar-refractivity contribution in [2.45, 2.75) is 39.2 Å². The first-order chi connectivity index (χ1) is 5.65. The van der Waals surface area contributed by atoms with Gasteiger partial charge in [-0.25, -0.2) is 0 Å². The molecule has 0 radical (unpaired) electrons. The molecule has 4 nitrogen and oxygen atoms in total. The number of hydrogen-bond donors (Lipinski definition) is 2. The third-order valence-electron chi connectivity index (χ3n) is 2.01. The minimum atomic E-state index is -0.204. The van der Waals surface area contributed by atoms with Crippen LogP contribution in [0, 0.1) is 5.92 Å². The summed E-state index contributed by atoms with van der Waals surface area (Å²) in [5, 5.41) is 8.95. The average molecular weight is 175 g/mol. The monoisotopic (exact) mass is 175 g/mol. The molecule has 1 heterocycles. The topological polar surface area (TPSA) is 50.7 Å². The summed E-state index contributed by atoms with van der Waals surface area (Å²) in [5.74, 6) is 0.311. The van der Waals surface area contributed by atoms with Crippen molar-refractivity contribution < 1.29 is 14.7 Å². The summed E-state index contributed by atoms with van der Waals surface area (Å²) in [6, 6.07) is 0.220. The van der Waals surface area contributed by atoms with E-state index < -0.39 is 0 Å². The van der Waals surface area contributed by atoms with Gasteiger partial charge in [-0.05, 0) is 12.8 Å². The zero-order chi connectivity index (χ0) is 9.14. The largest absolute Gasteiger partial charge is 0.394 e. The Morgan fingerprint density at radius 2 is 2.25 bits per heavy atom. The molecule has 72 valence electrons. The van der Waals surface area contributed by atoms with Gasteiger partial charge in [-0.3, -0.25) is 4.84 Å².